The summed E-state index contributed by atoms with van der Waals surface area (Å²) in [6.45, 7) is 1.18. The van der Waals surface area contributed by atoms with E-state index in [-0.39, 0.29) is 0 Å². The van der Waals surface area contributed by atoms with Crippen molar-refractivity contribution in [3.8, 4) is 0 Å². The van der Waals surface area contributed by atoms with Gasteiger partial charge in [0.2, 0.25) is 0 Å². The summed E-state index contributed by atoms with van der Waals surface area (Å²) in [7, 11) is 0. The fourth-order valence-corrected chi connectivity index (χ4v) is 2.91. The lowest BCUT2D eigenvalue weighted by Gasteiger charge is -2.35. The smallest absolute Gasteiger partial charge is 0.0144 e. The minimum atomic E-state index is 0.814. The Labute approximate surface area is 85.6 Å². The monoisotopic (exact) mass is 187 g/mol. The van der Waals surface area contributed by atoms with E-state index in [4.69, 9.17) is 0 Å². The standard InChI is InChI=1S/C13H17N/c1-2-5-11-9-13-12(6-3-7-14-13)8-10(11)4-1/h1-2,5,9-10,12,14H,3-4,6-8H2/t10-,12-/m1/s1. The van der Waals surface area contributed by atoms with Crippen molar-refractivity contribution >= 4 is 0 Å². The minimum absolute atomic E-state index is 0.814. The van der Waals surface area contributed by atoms with Gasteiger partial charge in [-0.15, -0.1) is 0 Å². The Morgan fingerprint density at radius 2 is 2.29 bits per heavy atom. The van der Waals surface area contributed by atoms with E-state index in [2.05, 4.69) is 29.6 Å². The van der Waals surface area contributed by atoms with Gasteiger partial charge in [0.25, 0.3) is 0 Å². The molecule has 1 aliphatic heterocycles. The molecule has 2 atom stereocenters. The summed E-state index contributed by atoms with van der Waals surface area (Å²) < 4.78 is 0. The van der Waals surface area contributed by atoms with E-state index >= 15 is 0 Å². The van der Waals surface area contributed by atoms with Gasteiger partial charge in [-0.05, 0) is 49.2 Å². The first kappa shape index (κ1) is 8.34. The van der Waals surface area contributed by atoms with Gasteiger partial charge >= 0.3 is 0 Å². The molecule has 0 bridgehead atoms. The first-order valence-corrected chi connectivity index (χ1v) is 5.75. The molecule has 1 heterocycles. The second-order valence-electron chi connectivity index (χ2n) is 4.63. The quantitative estimate of drug-likeness (QED) is 0.615. The summed E-state index contributed by atoms with van der Waals surface area (Å²) in [6.07, 6.45) is 14.6. The molecule has 1 heteroatoms. The second-order valence-corrected chi connectivity index (χ2v) is 4.63. The molecule has 3 rings (SSSR count). The molecule has 0 aromatic carbocycles. The summed E-state index contributed by atoms with van der Waals surface area (Å²) in [5.74, 6) is 1.64. The average Bonchev–Trinajstić information content (AvgIpc) is 2.26. The molecule has 2 aliphatic carbocycles. The number of hydrogen-bond donors (Lipinski definition) is 1. The molecule has 1 N–H and O–H groups in total. The number of piperidine rings is 1. The van der Waals surface area contributed by atoms with Gasteiger partial charge in [0.15, 0.2) is 0 Å². The minimum Gasteiger partial charge on any atom is -0.388 e. The van der Waals surface area contributed by atoms with Crippen molar-refractivity contribution in [2.45, 2.75) is 25.7 Å². The highest BCUT2D eigenvalue weighted by atomic mass is 14.9. The third-order valence-corrected chi connectivity index (χ3v) is 3.71. The van der Waals surface area contributed by atoms with Crippen LogP contribution in [-0.2, 0) is 0 Å². The number of rotatable bonds is 0. The zero-order valence-corrected chi connectivity index (χ0v) is 8.50. The summed E-state index contributed by atoms with van der Waals surface area (Å²) >= 11 is 0. The Hall–Kier alpha value is -0.980. The maximum Gasteiger partial charge on any atom is 0.0144 e. The second kappa shape index (κ2) is 3.30. The summed E-state index contributed by atoms with van der Waals surface area (Å²) in [5.41, 5.74) is 3.06. The van der Waals surface area contributed by atoms with Crippen LogP contribution in [0.1, 0.15) is 25.7 Å². The third-order valence-electron chi connectivity index (χ3n) is 3.71. The predicted molar refractivity (Wildman–Crippen MR) is 58.8 cm³/mol. The molecule has 0 unspecified atom stereocenters. The van der Waals surface area contributed by atoms with Crippen molar-refractivity contribution in [1.29, 1.82) is 0 Å². The largest absolute Gasteiger partial charge is 0.388 e. The van der Waals surface area contributed by atoms with Gasteiger partial charge in [-0.2, -0.15) is 0 Å². The lowest BCUT2D eigenvalue weighted by molar-refractivity contribution is 0.356. The molecule has 0 aromatic rings. The number of fused-ring (bicyclic) bond motifs is 2. The molecule has 14 heavy (non-hydrogen) atoms. The van der Waals surface area contributed by atoms with Crippen LogP contribution in [0.4, 0.5) is 0 Å². The normalized spacial score (nSPS) is 34.9. The Bertz CT molecular complexity index is 322. The first-order valence-electron chi connectivity index (χ1n) is 5.75. The van der Waals surface area contributed by atoms with Crippen LogP contribution in [0.5, 0.6) is 0 Å². The Morgan fingerprint density at radius 3 is 3.29 bits per heavy atom. The van der Waals surface area contributed by atoms with E-state index in [1.165, 1.54) is 37.9 Å². The van der Waals surface area contributed by atoms with E-state index in [9.17, 15) is 0 Å². The molecular formula is C13H17N. The highest BCUT2D eigenvalue weighted by Gasteiger charge is 2.28. The van der Waals surface area contributed by atoms with Crippen molar-refractivity contribution in [3.05, 3.63) is 35.6 Å². The molecule has 74 valence electrons. The van der Waals surface area contributed by atoms with Crippen LogP contribution in [0.3, 0.4) is 0 Å². The fraction of sp³-hybridized carbons (Fsp3) is 0.538. The third kappa shape index (κ3) is 1.31. The maximum absolute atomic E-state index is 3.55. The Balaban J connectivity index is 1.92. The summed E-state index contributed by atoms with van der Waals surface area (Å²) in [5, 5.41) is 3.55. The zero-order valence-electron chi connectivity index (χ0n) is 8.50. The average molecular weight is 187 g/mol. The molecule has 0 saturated carbocycles. The predicted octanol–water partition coefficient (Wildman–Crippen LogP) is 2.78. The molecule has 3 aliphatic rings. The fourth-order valence-electron chi connectivity index (χ4n) is 2.91. The van der Waals surface area contributed by atoms with Gasteiger partial charge in [-0.3, -0.25) is 0 Å². The van der Waals surface area contributed by atoms with E-state index in [0.29, 0.717) is 0 Å². The number of allylic oxidation sites excluding steroid dienone is 6. The molecule has 1 saturated heterocycles. The van der Waals surface area contributed by atoms with Crippen LogP contribution in [0, 0.1) is 11.8 Å². The van der Waals surface area contributed by atoms with Crippen LogP contribution in [0.25, 0.3) is 0 Å². The van der Waals surface area contributed by atoms with Gasteiger partial charge in [0.1, 0.15) is 0 Å². The molecule has 1 fully saturated rings. The number of nitrogens with one attached hydrogen (secondary N) is 1. The molecular weight excluding hydrogens is 170 g/mol. The van der Waals surface area contributed by atoms with E-state index in [1.54, 1.807) is 5.57 Å². The lowest BCUT2D eigenvalue weighted by atomic mass is 9.75. The molecule has 1 nitrogen and oxygen atoms in total. The molecule has 0 amide bonds. The Morgan fingerprint density at radius 1 is 1.29 bits per heavy atom. The number of hydrogen-bond acceptors (Lipinski definition) is 1. The summed E-state index contributed by atoms with van der Waals surface area (Å²) in [4.78, 5) is 0. The van der Waals surface area contributed by atoms with Crippen LogP contribution in [-0.4, -0.2) is 6.54 Å². The van der Waals surface area contributed by atoms with Crippen LogP contribution in [0.15, 0.2) is 35.6 Å². The van der Waals surface area contributed by atoms with Gasteiger partial charge in [0, 0.05) is 12.2 Å². The highest BCUT2D eigenvalue weighted by Crippen LogP contribution is 2.38. The first-order chi connectivity index (χ1) is 6.93. The van der Waals surface area contributed by atoms with Crippen molar-refractivity contribution in [2.24, 2.45) is 11.8 Å². The zero-order chi connectivity index (χ0) is 9.38. The SMILES string of the molecule is C1=CC[C@@H]2C[C@H]3CCCNC3=CC2=C1. The lowest BCUT2D eigenvalue weighted by Crippen LogP contribution is -2.32. The van der Waals surface area contributed by atoms with E-state index in [1.807, 2.05) is 0 Å². The highest BCUT2D eigenvalue weighted by molar-refractivity contribution is 5.36. The molecule has 0 spiro atoms. The topological polar surface area (TPSA) is 12.0 Å². The molecule has 0 aromatic heterocycles. The van der Waals surface area contributed by atoms with E-state index < -0.39 is 0 Å². The molecule has 0 radical (unpaired) electrons. The van der Waals surface area contributed by atoms with Crippen molar-refractivity contribution < 1.29 is 0 Å². The van der Waals surface area contributed by atoms with Crippen LogP contribution < -0.4 is 5.32 Å². The summed E-state index contributed by atoms with van der Waals surface area (Å²) in [6, 6.07) is 0. The van der Waals surface area contributed by atoms with Crippen LogP contribution >= 0.6 is 0 Å². The van der Waals surface area contributed by atoms with Gasteiger partial charge in [-0.1, -0.05) is 18.2 Å². The Kier molecular flexibility index (Phi) is 1.97. The van der Waals surface area contributed by atoms with Crippen molar-refractivity contribution in [1.82, 2.24) is 5.32 Å². The van der Waals surface area contributed by atoms with Gasteiger partial charge < -0.3 is 5.32 Å². The van der Waals surface area contributed by atoms with E-state index in [0.717, 1.165) is 11.8 Å². The van der Waals surface area contributed by atoms with Gasteiger partial charge in [0.05, 0.1) is 0 Å². The maximum atomic E-state index is 3.55. The van der Waals surface area contributed by atoms with Gasteiger partial charge in [-0.25, -0.2) is 0 Å². The van der Waals surface area contributed by atoms with Crippen LogP contribution in [0.2, 0.25) is 0 Å². The van der Waals surface area contributed by atoms with Crippen molar-refractivity contribution in [2.75, 3.05) is 6.54 Å². The van der Waals surface area contributed by atoms with Crippen molar-refractivity contribution in [3.63, 3.8) is 0 Å².